The molecule has 0 N–H and O–H groups in total. The Balaban J connectivity index is 1.88. The smallest absolute Gasteiger partial charge is 0.215 e. The summed E-state index contributed by atoms with van der Waals surface area (Å²) in [5, 5.41) is 12.0. The monoisotopic (exact) mass is 346 g/mol. The molecule has 3 rings (SSSR count). The molecule has 0 saturated heterocycles. The van der Waals surface area contributed by atoms with E-state index < -0.39 is 14.4 Å². The first-order valence-electron chi connectivity index (χ1n) is 6.88. The third kappa shape index (κ3) is 3.27. The molecule has 118 valence electrons. The summed E-state index contributed by atoms with van der Waals surface area (Å²) in [5.41, 5.74) is 0.782. The fraction of sp³-hybridized carbons (Fsp3) is 0.133. The normalized spacial score (nSPS) is 12.9. The Hall–Kier alpha value is -2.19. The predicted molar refractivity (Wildman–Crippen MR) is 88.1 cm³/mol. The first kappa shape index (κ1) is 15.7. The molecule has 3 aromatic rings. The molecular weight excluding hydrogens is 332 g/mol. The van der Waals surface area contributed by atoms with Crippen molar-refractivity contribution >= 4 is 21.6 Å². The summed E-state index contributed by atoms with van der Waals surface area (Å²) in [5.74, 6) is 0. The standard InChI is InChI=1S/C15H14N4O2S2/c1-12(23(20,21)14-10-6-3-7-11-14)22-15-16-17-18-19(15)13-8-4-2-5-9-13/h2-12H,1H3. The molecule has 1 atom stereocenters. The van der Waals surface area contributed by atoms with Gasteiger partial charge in [0, 0.05) is 0 Å². The van der Waals surface area contributed by atoms with Crippen LogP contribution in [0.5, 0.6) is 0 Å². The van der Waals surface area contributed by atoms with Gasteiger partial charge in [0.25, 0.3) is 0 Å². The van der Waals surface area contributed by atoms with Gasteiger partial charge in [-0.1, -0.05) is 48.2 Å². The molecule has 6 nitrogen and oxygen atoms in total. The fourth-order valence-corrected chi connectivity index (χ4v) is 4.64. The van der Waals surface area contributed by atoms with E-state index in [0.717, 1.165) is 17.4 Å². The van der Waals surface area contributed by atoms with Crippen LogP contribution in [0.3, 0.4) is 0 Å². The Morgan fingerprint density at radius 2 is 1.61 bits per heavy atom. The van der Waals surface area contributed by atoms with Crippen LogP contribution in [0.25, 0.3) is 5.69 Å². The molecule has 8 heteroatoms. The lowest BCUT2D eigenvalue weighted by Crippen LogP contribution is -2.15. The minimum absolute atomic E-state index is 0.290. The molecule has 23 heavy (non-hydrogen) atoms. The van der Waals surface area contributed by atoms with E-state index in [2.05, 4.69) is 15.5 Å². The Bertz CT molecular complexity index is 880. The second kappa shape index (κ2) is 6.51. The fourth-order valence-electron chi connectivity index (χ4n) is 2.00. The van der Waals surface area contributed by atoms with Gasteiger partial charge >= 0.3 is 0 Å². The van der Waals surface area contributed by atoms with Crippen molar-refractivity contribution in [3.05, 3.63) is 60.7 Å². The van der Waals surface area contributed by atoms with Crippen molar-refractivity contribution in [2.45, 2.75) is 21.6 Å². The maximum absolute atomic E-state index is 12.6. The number of hydrogen-bond acceptors (Lipinski definition) is 6. The number of para-hydroxylation sites is 1. The minimum atomic E-state index is -3.46. The quantitative estimate of drug-likeness (QED) is 0.661. The number of rotatable bonds is 5. The van der Waals surface area contributed by atoms with Crippen LogP contribution in [-0.4, -0.2) is 33.2 Å². The van der Waals surface area contributed by atoms with Gasteiger partial charge < -0.3 is 0 Å². The Morgan fingerprint density at radius 3 is 2.26 bits per heavy atom. The Kier molecular flexibility index (Phi) is 4.44. The van der Waals surface area contributed by atoms with Gasteiger partial charge in [-0.25, -0.2) is 8.42 Å². The molecule has 1 heterocycles. The first-order valence-corrected chi connectivity index (χ1v) is 9.31. The van der Waals surface area contributed by atoms with Crippen molar-refractivity contribution in [2.24, 2.45) is 0 Å². The van der Waals surface area contributed by atoms with Crippen molar-refractivity contribution in [3.8, 4) is 5.69 Å². The van der Waals surface area contributed by atoms with E-state index in [1.54, 1.807) is 37.3 Å². The summed E-state index contributed by atoms with van der Waals surface area (Å²) < 4.78 is 26.0. The third-order valence-electron chi connectivity index (χ3n) is 3.22. The lowest BCUT2D eigenvalue weighted by Gasteiger charge is -2.12. The SMILES string of the molecule is CC(Sc1nnnn1-c1ccccc1)S(=O)(=O)c1ccccc1. The van der Waals surface area contributed by atoms with Crippen molar-refractivity contribution in [1.29, 1.82) is 0 Å². The average molecular weight is 346 g/mol. The second-order valence-electron chi connectivity index (χ2n) is 4.75. The van der Waals surface area contributed by atoms with E-state index in [0.29, 0.717) is 10.1 Å². The van der Waals surface area contributed by atoms with Crippen molar-refractivity contribution < 1.29 is 8.42 Å². The number of tetrazole rings is 1. The van der Waals surface area contributed by atoms with Gasteiger partial charge in [0.15, 0.2) is 9.84 Å². The molecule has 0 aliphatic heterocycles. The van der Waals surface area contributed by atoms with Crippen LogP contribution in [0.15, 0.2) is 70.7 Å². The number of aromatic nitrogens is 4. The van der Waals surface area contributed by atoms with E-state index in [1.807, 2.05) is 30.3 Å². The zero-order chi connectivity index (χ0) is 16.3. The average Bonchev–Trinajstić information content (AvgIpc) is 3.04. The molecular formula is C15H14N4O2S2. The van der Waals surface area contributed by atoms with Crippen LogP contribution >= 0.6 is 11.8 Å². The van der Waals surface area contributed by atoms with E-state index in [9.17, 15) is 8.42 Å². The Labute approximate surface area is 138 Å². The minimum Gasteiger partial charge on any atom is -0.223 e. The van der Waals surface area contributed by atoms with Gasteiger partial charge in [0.05, 0.1) is 10.6 Å². The molecule has 1 unspecified atom stereocenters. The lowest BCUT2D eigenvalue weighted by atomic mass is 10.3. The zero-order valence-electron chi connectivity index (χ0n) is 12.3. The van der Waals surface area contributed by atoms with E-state index in [-0.39, 0.29) is 0 Å². The maximum Gasteiger partial charge on any atom is 0.215 e. The molecule has 0 aliphatic rings. The zero-order valence-corrected chi connectivity index (χ0v) is 13.9. The second-order valence-corrected chi connectivity index (χ2v) is 8.63. The van der Waals surface area contributed by atoms with Crippen molar-refractivity contribution in [1.82, 2.24) is 20.2 Å². The van der Waals surface area contributed by atoms with E-state index in [4.69, 9.17) is 0 Å². The highest BCUT2D eigenvalue weighted by atomic mass is 32.3. The Morgan fingerprint density at radius 1 is 1.00 bits per heavy atom. The summed E-state index contributed by atoms with van der Waals surface area (Å²) in [6.07, 6.45) is 0. The predicted octanol–water partition coefficient (Wildman–Crippen LogP) is 2.57. The first-order chi connectivity index (χ1) is 11.1. The van der Waals surface area contributed by atoms with Crippen LogP contribution in [-0.2, 0) is 9.84 Å². The van der Waals surface area contributed by atoms with E-state index in [1.165, 1.54) is 4.68 Å². The molecule has 1 aromatic heterocycles. The van der Waals surface area contributed by atoms with Crippen LogP contribution in [0, 0.1) is 0 Å². The van der Waals surface area contributed by atoms with Gasteiger partial charge in [-0.15, -0.1) is 5.10 Å². The topological polar surface area (TPSA) is 77.7 Å². The number of benzene rings is 2. The maximum atomic E-state index is 12.6. The molecule has 0 fully saturated rings. The van der Waals surface area contributed by atoms with Crippen LogP contribution in [0.4, 0.5) is 0 Å². The summed E-state index contributed by atoms with van der Waals surface area (Å²) >= 11 is 1.11. The molecule has 0 bridgehead atoms. The van der Waals surface area contributed by atoms with Gasteiger partial charge in [-0.2, -0.15) is 4.68 Å². The summed E-state index contributed by atoms with van der Waals surface area (Å²) in [6, 6.07) is 17.7. The van der Waals surface area contributed by atoms with Crippen LogP contribution in [0.1, 0.15) is 6.92 Å². The molecule has 0 radical (unpaired) electrons. The highest BCUT2D eigenvalue weighted by Gasteiger charge is 2.26. The molecule has 0 aliphatic carbocycles. The molecule has 0 saturated carbocycles. The highest BCUT2D eigenvalue weighted by molar-refractivity contribution is 8.13. The number of sulfone groups is 1. The van der Waals surface area contributed by atoms with Crippen LogP contribution < -0.4 is 0 Å². The number of thioether (sulfide) groups is 1. The summed E-state index contributed by atoms with van der Waals surface area (Å²) in [6.45, 7) is 1.64. The summed E-state index contributed by atoms with van der Waals surface area (Å²) in [4.78, 5) is 0.290. The number of hydrogen-bond donors (Lipinski definition) is 0. The summed E-state index contributed by atoms with van der Waals surface area (Å²) in [7, 11) is -3.46. The molecule has 0 spiro atoms. The molecule has 0 amide bonds. The number of nitrogens with zero attached hydrogens (tertiary/aromatic N) is 4. The van der Waals surface area contributed by atoms with Gasteiger partial charge in [0.2, 0.25) is 5.16 Å². The van der Waals surface area contributed by atoms with Gasteiger partial charge in [-0.3, -0.25) is 0 Å². The van der Waals surface area contributed by atoms with Gasteiger partial charge in [-0.05, 0) is 41.6 Å². The van der Waals surface area contributed by atoms with Crippen molar-refractivity contribution in [2.75, 3.05) is 0 Å². The van der Waals surface area contributed by atoms with Gasteiger partial charge in [0.1, 0.15) is 4.58 Å². The van der Waals surface area contributed by atoms with Crippen molar-refractivity contribution in [3.63, 3.8) is 0 Å². The van der Waals surface area contributed by atoms with Crippen LogP contribution in [0.2, 0.25) is 0 Å². The molecule has 2 aromatic carbocycles. The largest absolute Gasteiger partial charge is 0.223 e. The third-order valence-corrected chi connectivity index (χ3v) is 6.87. The lowest BCUT2D eigenvalue weighted by molar-refractivity contribution is 0.594. The highest BCUT2D eigenvalue weighted by Crippen LogP contribution is 2.29. The van der Waals surface area contributed by atoms with E-state index >= 15 is 0 Å².